The van der Waals surface area contributed by atoms with Crippen LogP contribution in [-0.4, -0.2) is 20.0 Å². The van der Waals surface area contributed by atoms with Crippen molar-refractivity contribution in [3.63, 3.8) is 0 Å². The van der Waals surface area contributed by atoms with E-state index in [1.165, 1.54) is 17.3 Å². The first kappa shape index (κ1) is 10.5. The summed E-state index contributed by atoms with van der Waals surface area (Å²) in [6.45, 7) is 10.9. The summed E-state index contributed by atoms with van der Waals surface area (Å²) in [5.41, 5.74) is 2.73. The van der Waals surface area contributed by atoms with Crippen LogP contribution in [0, 0.1) is 0 Å². The third-order valence-electron chi connectivity index (χ3n) is 1.92. The Morgan fingerprint density at radius 2 is 1.85 bits per heavy atom. The molecule has 1 aromatic carbocycles. The molecule has 0 saturated heterocycles. The van der Waals surface area contributed by atoms with Crippen molar-refractivity contribution in [3.8, 4) is 0 Å². The highest BCUT2D eigenvalue weighted by Gasteiger charge is 2.18. The van der Waals surface area contributed by atoms with Crippen LogP contribution in [0.1, 0.15) is 11.1 Å². The second kappa shape index (κ2) is 4.07. The fourth-order valence-electron chi connectivity index (χ4n) is 1.39. The lowest BCUT2D eigenvalue weighted by molar-refractivity contribution is 1.36. The van der Waals surface area contributed by atoms with E-state index in [1.807, 2.05) is 6.08 Å². The van der Waals surface area contributed by atoms with Crippen molar-refractivity contribution in [2.75, 3.05) is 20.0 Å². The van der Waals surface area contributed by atoms with Crippen molar-refractivity contribution < 1.29 is 0 Å². The lowest BCUT2D eigenvalue weighted by Gasteiger charge is -2.13. The molecule has 0 aliphatic heterocycles. The van der Waals surface area contributed by atoms with E-state index in [0.717, 1.165) is 0 Å². The van der Waals surface area contributed by atoms with Gasteiger partial charge in [-0.15, -0.1) is 0 Å². The first-order valence-corrected chi connectivity index (χ1v) is 7.85. The Bertz CT molecular complexity index is 294. The number of hydrogen-bond donors (Lipinski definition) is 0. The van der Waals surface area contributed by atoms with E-state index in [1.54, 1.807) is 0 Å². The van der Waals surface area contributed by atoms with Gasteiger partial charge in [-0.25, -0.2) is 0 Å². The molecule has 0 N–H and O–H groups in total. The van der Waals surface area contributed by atoms with Crippen molar-refractivity contribution in [2.45, 2.75) is 6.16 Å². The topological polar surface area (TPSA) is 0 Å². The maximum atomic E-state index is 3.83. The van der Waals surface area contributed by atoms with Gasteiger partial charge in [-0.3, -0.25) is 0 Å². The molecule has 0 radical (unpaired) electrons. The third-order valence-corrected chi connectivity index (χ3v) is 3.21. The largest absolute Gasteiger partial charge is 0.0985 e. The summed E-state index contributed by atoms with van der Waals surface area (Å²) in [7, 11) is -0.726. The predicted molar refractivity (Wildman–Crippen MR) is 64.9 cm³/mol. The van der Waals surface area contributed by atoms with Crippen molar-refractivity contribution >= 4 is 13.3 Å². The van der Waals surface area contributed by atoms with Crippen molar-refractivity contribution in [1.82, 2.24) is 0 Å². The summed E-state index contributed by atoms with van der Waals surface area (Å²) in [4.78, 5) is 0. The maximum Gasteiger partial charge on any atom is 0.0840 e. The molecular weight excluding hydrogens is 175 g/mol. The molecule has 0 nitrogen and oxygen atoms in total. The Morgan fingerprint density at radius 3 is 2.38 bits per heavy atom. The van der Waals surface area contributed by atoms with Crippen LogP contribution in [0.25, 0.3) is 6.08 Å². The summed E-state index contributed by atoms with van der Waals surface area (Å²) in [6.07, 6.45) is 3.17. The van der Waals surface area contributed by atoms with Crippen LogP contribution in [-0.2, 0) is 6.16 Å². The van der Waals surface area contributed by atoms with Crippen LogP contribution in [0.3, 0.4) is 0 Å². The minimum atomic E-state index is -0.726. The van der Waals surface area contributed by atoms with Crippen molar-refractivity contribution in [1.29, 1.82) is 0 Å². The lowest BCUT2D eigenvalue weighted by Crippen LogP contribution is -1.93. The Kier molecular flexibility index (Phi) is 3.27. The lowest BCUT2D eigenvalue weighted by atomic mass is 10.1. The van der Waals surface area contributed by atoms with Gasteiger partial charge in [-0.1, -0.05) is 36.9 Å². The molecule has 13 heavy (non-hydrogen) atoms. The Hall–Kier alpha value is -0.610. The molecule has 0 aliphatic carbocycles. The number of benzene rings is 1. The molecule has 1 aromatic rings. The fourth-order valence-corrected chi connectivity index (χ4v) is 2.70. The normalized spacial score (nSPS) is 11.3. The molecule has 0 heterocycles. The molecule has 0 aromatic heterocycles. The zero-order valence-corrected chi connectivity index (χ0v) is 9.64. The number of hydrogen-bond acceptors (Lipinski definition) is 0. The van der Waals surface area contributed by atoms with Crippen LogP contribution in [0.5, 0.6) is 0 Å². The summed E-state index contributed by atoms with van der Waals surface area (Å²) in [5.74, 6) is 0. The Labute approximate surface area is 82.0 Å². The van der Waals surface area contributed by atoms with Gasteiger partial charge in [0.2, 0.25) is 0 Å². The first-order valence-electron chi connectivity index (χ1n) is 4.54. The second-order valence-electron chi connectivity index (χ2n) is 4.35. The van der Waals surface area contributed by atoms with Crippen LogP contribution in [0.15, 0.2) is 30.8 Å². The van der Waals surface area contributed by atoms with Gasteiger partial charge in [-0.05, 0) is 11.1 Å². The van der Waals surface area contributed by atoms with Crippen LogP contribution in [0.4, 0.5) is 0 Å². The van der Waals surface area contributed by atoms with Crippen molar-refractivity contribution in [3.05, 3.63) is 42.0 Å². The molecule has 0 aliphatic rings. The SMILES string of the molecule is C=Cc1ccccc1C[P+](C)(C)C. The molecule has 0 fully saturated rings. The monoisotopic (exact) mass is 193 g/mol. The Balaban J connectivity index is 2.94. The highest BCUT2D eigenvalue weighted by Crippen LogP contribution is 2.50. The van der Waals surface area contributed by atoms with Gasteiger partial charge < -0.3 is 0 Å². The Morgan fingerprint density at radius 1 is 1.23 bits per heavy atom. The average Bonchev–Trinajstić information content (AvgIpc) is 2.02. The molecule has 0 bridgehead atoms. The summed E-state index contributed by atoms with van der Waals surface area (Å²) < 4.78 is 0. The quantitative estimate of drug-likeness (QED) is 0.641. The highest BCUT2D eigenvalue weighted by atomic mass is 31.2. The van der Waals surface area contributed by atoms with Gasteiger partial charge in [0, 0.05) is 27.3 Å². The van der Waals surface area contributed by atoms with Gasteiger partial charge >= 0.3 is 0 Å². The van der Waals surface area contributed by atoms with Gasteiger partial charge in [-0.2, -0.15) is 0 Å². The average molecular weight is 193 g/mol. The summed E-state index contributed by atoms with van der Waals surface area (Å²) in [5, 5.41) is 0. The molecule has 70 valence electrons. The molecule has 0 amide bonds. The van der Waals surface area contributed by atoms with E-state index in [-0.39, 0.29) is 0 Å². The van der Waals surface area contributed by atoms with Crippen LogP contribution in [0.2, 0.25) is 0 Å². The zero-order valence-electron chi connectivity index (χ0n) is 8.75. The molecular formula is C12H18P+. The van der Waals surface area contributed by atoms with E-state index < -0.39 is 7.26 Å². The molecule has 0 saturated carbocycles. The van der Waals surface area contributed by atoms with Crippen LogP contribution < -0.4 is 0 Å². The predicted octanol–water partition coefficient (Wildman–Crippen LogP) is 3.74. The smallest absolute Gasteiger partial charge is 0.0840 e. The number of rotatable bonds is 3. The van der Waals surface area contributed by atoms with E-state index in [4.69, 9.17) is 0 Å². The van der Waals surface area contributed by atoms with Crippen molar-refractivity contribution in [2.24, 2.45) is 0 Å². The van der Waals surface area contributed by atoms with E-state index >= 15 is 0 Å². The minimum absolute atomic E-state index is 0.726. The highest BCUT2D eigenvalue weighted by molar-refractivity contribution is 7.72. The molecule has 0 unspecified atom stereocenters. The van der Waals surface area contributed by atoms with E-state index in [2.05, 4.69) is 50.8 Å². The van der Waals surface area contributed by atoms with E-state index in [9.17, 15) is 0 Å². The molecule has 1 rings (SSSR count). The first-order chi connectivity index (χ1) is 6.03. The molecule has 0 spiro atoms. The molecule has 0 atom stereocenters. The molecule has 1 heteroatoms. The zero-order chi connectivity index (χ0) is 9.90. The second-order valence-corrected chi connectivity index (χ2v) is 9.25. The fraction of sp³-hybridized carbons (Fsp3) is 0.333. The maximum absolute atomic E-state index is 3.83. The van der Waals surface area contributed by atoms with Gasteiger partial charge in [0.1, 0.15) is 0 Å². The van der Waals surface area contributed by atoms with Crippen LogP contribution >= 0.6 is 7.26 Å². The minimum Gasteiger partial charge on any atom is -0.0985 e. The van der Waals surface area contributed by atoms with Gasteiger partial charge in [0.25, 0.3) is 0 Å². The standard InChI is InChI=1S/C12H18P/c1-5-11-8-6-7-9-12(11)10-13(2,3)4/h5-9H,1,10H2,2-4H3/q+1. The van der Waals surface area contributed by atoms with E-state index in [0.29, 0.717) is 0 Å². The summed E-state index contributed by atoms with van der Waals surface area (Å²) >= 11 is 0. The summed E-state index contributed by atoms with van der Waals surface area (Å²) in [6, 6.07) is 8.53. The third kappa shape index (κ3) is 3.32. The van der Waals surface area contributed by atoms with Gasteiger partial charge in [0.05, 0.1) is 6.16 Å². The van der Waals surface area contributed by atoms with Gasteiger partial charge in [0.15, 0.2) is 0 Å².